The van der Waals surface area contributed by atoms with Gasteiger partial charge in [-0.2, -0.15) is 0 Å². The molecule has 2 aromatic rings. The second-order valence-electron chi connectivity index (χ2n) is 6.28. The summed E-state index contributed by atoms with van der Waals surface area (Å²) in [5.41, 5.74) is 3.03. The van der Waals surface area contributed by atoms with Crippen LogP contribution >= 0.6 is 11.6 Å². The highest BCUT2D eigenvalue weighted by Gasteiger charge is 2.15. The van der Waals surface area contributed by atoms with Gasteiger partial charge in [0.05, 0.1) is 17.7 Å². The first-order chi connectivity index (χ1) is 11.5. The second-order valence-corrected chi connectivity index (χ2v) is 6.69. The Hall–Kier alpha value is -1.61. The molecule has 0 unspecified atom stereocenters. The number of carbonyl (C=O) groups is 1. The molecule has 0 atom stereocenters. The molecule has 0 bridgehead atoms. The fourth-order valence-electron chi connectivity index (χ4n) is 2.83. The number of ether oxygens (including phenoxy) is 1. The number of unbranched alkanes of at least 4 members (excludes halogenated alkanes) is 5. The minimum Gasteiger partial charge on any atom is -0.462 e. The maximum atomic E-state index is 12.5. The number of benzene rings is 1. The highest BCUT2D eigenvalue weighted by molar-refractivity contribution is 6.32. The minimum atomic E-state index is -0.277. The number of aryl methyl sites for hydroxylation is 2. The molecule has 3 nitrogen and oxygen atoms in total. The van der Waals surface area contributed by atoms with Crippen LogP contribution in [0.5, 0.6) is 0 Å². The molecule has 0 saturated carbocycles. The Labute approximate surface area is 149 Å². The van der Waals surface area contributed by atoms with Crippen LogP contribution < -0.4 is 0 Å². The lowest BCUT2D eigenvalue weighted by molar-refractivity contribution is 0.0500. The van der Waals surface area contributed by atoms with Crippen LogP contribution in [0.15, 0.2) is 18.2 Å². The van der Waals surface area contributed by atoms with Crippen LogP contribution in [0.3, 0.4) is 0 Å². The summed E-state index contributed by atoms with van der Waals surface area (Å²) in [6.07, 6.45) is 7.02. The van der Waals surface area contributed by atoms with E-state index in [4.69, 9.17) is 16.3 Å². The van der Waals surface area contributed by atoms with Crippen LogP contribution in [0, 0.1) is 13.8 Å². The average Bonchev–Trinajstić information content (AvgIpc) is 2.57. The summed E-state index contributed by atoms with van der Waals surface area (Å²) in [4.78, 5) is 17.0. The number of nitrogens with zero attached hydrogens (tertiary/aromatic N) is 1. The van der Waals surface area contributed by atoms with Crippen molar-refractivity contribution >= 4 is 28.5 Å². The molecule has 130 valence electrons. The molecule has 1 aromatic carbocycles. The molecule has 0 saturated heterocycles. The molecule has 0 N–H and O–H groups in total. The van der Waals surface area contributed by atoms with Gasteiger partial charge in [0.25, 0.3) is 0 Å². The number of hydrogen-bond donors (Lipinski definition) is 0. The molecule has 0 aliphatic rings. The SMILES string of the molecule is CCCCCCCCOC(=O)c1cc(C)nc2c(C)c(Cl)ccc12. The fraction of sp³-hybridized carbons (Fsp3) is 0.500. The molecule has 0 radical (unpaired) electrons. The van der Waals surface area contributed by atoms with Crippen molar-refractivity contribution in [2.45, 2.75) is 59.3 Å². The van der Waals surface area contributed by atoms with Crippen molar-refractivity contribution in [1.82, 2.24) is 4.98 Å². The molecule has 2 rings (SSSR count). The van der Waals surface area contributed by atoms with E-state index in [0.717, 1.165) is 35.0 Å². The highest BCUT2D eigenvalue weighted by atomic mass is 35.5. The molecule has 24 heavy (non-hydrogen) atoms. The molecule has 0 amide bonds. The molecule has 0 fully saturated rings. The third kappa shape index (κ3) is 4.70. The van der Waals surface area contributed by atoms with Crippen LogP contribution in [0.1, 0.15) is 67.1 Å². The molecular weight excluding hydrogens is 322 g/mol. The fourth-order valence-corrected chi connectivity index (χ4v) is 2.98. The van der Waals surface area contributed by atoms with Crippen molar-refractivity contribution in [3.05, 3.63) is 40.0 Å². The van der Waals surface area contributed by atoms with E-state index in [0.29, 0.717) is 17.2 Å². The first-order valence-electron chi connectivity index (χ1n) is 8.78. The molecule has 0 aliphatic carbocycles. The zero-order chi connectivity index (χ0) is 17.5. The maximum Gasteiger partial charge on any atom is 0.338 e. The summed E-state index contributed by atoms with van der Waals surface area (Å²) in [5, 5.41) is 1.46. The van der Waals surface area contributed by atoms with Crippen molar-refractivity contribution < 1.29 is 9.53 Å². The van der Waals surface area contributed by atoms with Gasteiger partial charge in [-0.3, -0.25) is 4.98 Å². The van der Waals surface area contributed by atoms with E-state index in [9.17, 15) is 4.79 Å². The zero-order valence-electron chi connectivity index (χ0n) is 14.8. The molecule has 1 aromatic heterocycles. The van der Waals surface area contributed by atoms with Crippen LogP contribution in [-0.4, -0.2) is 17.6 Å². The van der Waals surface area contributed by atoms with Gasteiger partial charge in [0.15, 0.2) is 0 Å². The van der Waals surface area contributed by atoms with Crippen LogP contribution in [0.25, 0.3) is 10.9 Å². The average molecular weight is 348 g/mol. The largest absolute Gasteiger partial charge is 0.462 e. The number of halogens is 1. The van der Waals surface area contributed by atoms with Crippen LogP contribution in [0.2, 0.25) is 5.02 Å². The van der Waals surface area contributed by atoms with Gasteiger partial charge in [-0.15, -0.1) is 0 Å². The summed E-state index contributed by atoms with van der Waals surface area (Å²) in [6.45, 7) is 6.48. The van der Waals surface area contributed by atoms with Crippen molar-refractivity contribution in [1.29, 1.82) is 0 Å². The van der Waals surface area contributed by atoms with Gasteiger partial charge in [0.1, 0.15) is 0 Å². The summed E-state index contributed by atoms with van der Waals surface area (Å²) < 4.78 is 5.47. The van der Waals surface area contributed by atoms with Crippen molar-refractivity contribution in [2.75, 3.05) is 6.61 Å². The van der Waals surface area contributed by atoms with Crippen molar-refractivity contribution in [3.63, 3.8) is 0 Å². The summed E-state index contributed by atoms with van der Waals surface area (Å²) in [5.74, 6) is -0.277. The van der Waals surface area contributed by atoms with E-state index in [1.54, 1.807) is 12.1 Å². The zero-order valence-corrected chi connectivity index (χ0v) is 15.6. The standard InChI is InChI=1S/C20H26ClNO2/c1-4-5-6-7-8-9-12-24-20(23)17-13-14(2)22-19-15(3)18(21)11-10-16(17)19/h10-11,13H,4-9,12H2,1-3H3. The lowest BCUT2D eigenvalue weighted by Crippen LogP contribution is -2.08. The Kier molecular flexibility index (Phi) is 7.04. The maximum absolute atomic E-state index is 12.5. The van der Waals surface area contributed by atoms with Crippen LogP contribution in [0.4, 0.5) is 0 Å². The molecule has 4 heteroatoms. The Morgan fingerprint density at radius 2 is 1.83 bits per heavy atom. The lowest BCUT2D eigenvalue weighted by atomic mass is 10.0. The summed E-state index contributed by atoms with van der Waals surface area (Å²) >= 11 is 6.17. The van der Waals surface area contributed by atoms with E-state index >= 15 is 0 Å². The van der Waals surface area contributed by atoms with Crippen LogP contribution in [-0.2, 0) is 4.74 Å². The van der Waals surface area contributed by atoms with Gasteiger partial charge in [-0.05, 0) is 38.0 Å². The Morgan fingerprint density at radius 1 is 1.12 bits per heavy atom. The van der Waals surface area contributed by atoms with Gasteiger partial charge >= 0.3 is 5.97 Å². The van der Waals surface area contributed by atoms with Gasteiger partial charge in [0, 0.05) is 16.1 Å². The topological polar surface area (TPSA) is 39.2 Å². The van der Waals surface area contributed by atoms with Crippen molar-refractivity contribution in [3.8, 4) is 0 Å². The van der Waals surface area contributed by atoms with Crippen molar-refractivity contribution in [2.24, 2.45) is 0 Å². The second kappa shape index (κ2) is 9.03. The molecule has 1 heterocycles. The summed E-state index contributed by atoms with van der Waals surface area (Å²) in [7, 11) is 0. The third-order valence-corrected chi connectivity index (χ3v) is 4.66. The number of pyridine rings is 1. The number of carbonyl (C=O) groups excluding carboxylic acids is 1. The predicted octanol–water partition coefficient (Wildman–Crippen LogP) is 6.02. The quantitative estimate of drug-likeness (QED) is 0.432. The Bertz CT molecular complexity index is 712. The first-order valence-corrected chi connectivity index (χ1v) is 9.16. The van der Waals surface area contributed by atoms with E-state index in [2.05, 4.69) is 11.9 Å². The molecular formula is C20H26ClNO2. The lowest BCUT2D eigenvalue weighted by Gasteiger charge is -2.11. The highest BCUT2D eigenvalue weighted by Crippen LogP contribution is 2.27. The number of esters is 1. The number of aromatic nitrogens is 1. The minimum absolute atomic E-state index is 0.277. The first kappa shape index (κ1) is 18.7. The number of fused-ring (bicyclic) bond motifs is 1. The van der Waals surface area contributed by atoms with Gasteiger partial charge < -0.3 is 4.74 Å². The number of hydrogen-bond acceptors (Lipinski definition) is 3. The van der Waals surface area contributed by atoms with E-state index in [1.165, 1.54) is 25.7 Å². The van der Waals surface area contributed by atoms with E-state index < -0.39 is 0 Å². The Balaban J connectivity index is 2.03. The molecule has 0 aliphatic heterocycles. The third-order valence-electron chi connectivity index (χ3n) is 4.25. The molecule has 0 spiro atoms. The normalized spacial score (nSPS) is 11.0. The van der Waals surface area contributed by atoms with Gasteiger partial charge in [-0.25, -0.2) is 4.79 Å². The van der Waals surface area contributed by atoms with E-state index in [1.807, 2.05) is 19.9 Å². The Morgan fingerprint density at radius 3 is 2.58 bits per heavy atom. The van der Waals surface area contributed by atoms with Gasteiger partial charge in [-0.1, -0.05) is 56.7 Å². The van der Waals surface area contributed by atoms with E-state index in [-0.39, 0.29) is 5.97 Å². The monoisotopic (exact) mass is 347 g/mol. The smallest absolute Gasteiger partial charge is 0.338 e. The predicted molar refractivity (Wildman–Crippen MR) is 99.9 cm³/mol. The summed E-state index contributed by atoms with van der Waals surface area (Å²) in [6, 6.07) is 5.44. The van der Waals surface area contributed by atoms with Gasteiger partial charge in [0.2, 0.25) is 0 Å². The number of rotatable bonds is 8.